The first kappa shape index (κ1) is 13.2. The third kappa shape index (κ3) is 3.60. The molecule has 17 heavy (non-hydrogen) atoms. The molecular weight excluding hydrogens is 226 g/mol. The zero-order valence-electron chi connectivity index (χ0n) is 9.73. The van der Waals surface area contributed by atoms with Crippen LogP contribution >= 0.6 is 0 Å². The number of methoxy groups -OCH3 is 1. The number of carbonyl (C=O) groups excluding carboxylic acids is 1. The SMILES string of the molecule is CCC(NC(=O)c1ccc(COC)o1)C(=O)O. The van der Waals surface area contributed by atoms with Crippen LogP contribution in [0.2, 0.25) is 0 Å². The Hall–Kier alpha value is -1.82. The summed E-state index contributed by atoms with van der Waals surface area (Å²) in [5, 5.41) is 11.2. The predicted octanol–water partition coefficient (Wildman–Crippen LogP) is 1.02. The van der Waals surface area contributed by atoms with Gasteiger partial charge in [-0.15, -0.1) is 0 Å². The lowest BCUT2D eigenvalue weighted by Crippen LogP contribution is -2.40. The Labute approximate surface area is 98.6 Å². The van der Waals surface area contributed by atoms with Crippen molar-refractivity contribution >= 4 is 11.9 Å². The number of hydrogen-bond donors (Lipinski definition) is 2. The summed E-state index contributed by atoms with van der Waals surface area (Å²) in [6.07, 6.45) is 0.312. The Morgan fingerprint density at radius 2 is 2.24 bits per heavy atom. The first-order chi connectivity index (χ1) is 8.08. The van der Waals surface area contributed by atoms with E-state index in [2.05, 4.69) is 5.32 Å². The van der Waals surface area contributed by atoms with Crippen molar-refractivity contribution < 1.29 is 23.8 Å². The van der Waals surface area contributed by atoms with Crippen molar-refractivity contribution in [3.63, 3.8) is 0 Å². The molecule has 1 aromatic rings. The maximum atomic E-state index is 11.6. The third-order valence-corrected chi connectivity index (χ3v) is 2.18. The lowest BCUT2D eigenvalue weighted by Gasteiger charge is -2.10. The molecule has 1 atom stereocenters. The van der Waals surface area contributed by atoms with Crippen LogP contribution in [-0.2, 0) is 16.1 Å². The van der Waals surface area contributed by atoms with Crippen LogP contribution in [0.1, 0.15) is 29.7 Å². The summed E-state index contributed by atoms with van der Waals surface area (Å²) < 4.78 is 10.0. The van der Waals surface area contributed by atoms with Gasteiger partial charge in [-0.05, 0) is 18.6 Å². The van der Waals surface area contributed by atoms with Gasteiger partial charge in [0.15, 0.2) is 5.76 Å². The fourth-order valence-electron chi connectivity index (χ4n) is 1.29. The minimum Gasteiger partial charge on any atom is -0.480 e. The van der Waals surface area contributed by atoms with E-state index in [9.17, 15) is 9.59 Å². The number of hydrogen-bond acceptors (Lipinski definition) is 4. The summed E-state index contributed by atoms with van der Waals surface area (Å²) in [4.78, 5) is 22.4. The normalized spacial score (nSPS) is 12.1. The number of aliphatic carboxylic acids is 1. The Balaban J connectivity index is 2.65. The van der Waals surface area contributed by atoms with E-state index in [0.29, 0.717) is 12.2 Å². The predicted molar refractivity (Wildman–Crippen MR) is 58.6 cm³/mol. The highest BCUT2D eigenvalue weighted by Crippen LogP contribution is 2.09. The minimum atomic E-state index is -1.07. The molecule has 1 rings (SSSR count). The fourth-order valence-corrected chi connectivity index (χ4v) is 1.29. The summed E-state index contributed by atoms with van der Waals surface area (Å²) in [6.45, 7) is 1.95. The standard InChI is InChI=1S/C11H15NO5/c1-3-8(11(14)15)12-10(13)9-5-4-7(17-9)6-16-2/h4-5,8H,3,6H2,1-2H3,(H,12,13)(H,14,15). The molecule has 1 aromatic heterocycles. The summed E-state index contributed by atoms with van der Waals surface area (Å²) in [5.41, 5.74) is 0. The molecular formula is C11H15NO5. The molecule has 0 saturated carbocycles. The van der Waals surface area contributed by atoms with Crippen LogP contribution in [0, 0.1) is 0 Å². The van der Waals surface area contributed by atoms with Crippen molar-refractivity contribution in [1.29, 1.82) is 0 Å². The molecule has 0 bridgehead atoms. The molecule has 0 radical (unpaired) electrons. The van der Waals surface area contributed by atoms with E-state index in [1.54, 1.807) is 13.0 Å². The van der Waals surface area contributed by atoms with Crippen molar-refractivity contribution in [2.45, 2.75) is 26.0 Å². The van der Waals surface area contributed by atoms with Crippen LogP contribution in [0.4, 0.5) is 0 Å². The van der Waals surface area contributed by atoms with Gasteiger partial charge in [-0.2, -0.15) is 0 Å². The number of carbonyl (C=O) groups is 2. The molecule has 1 amide bonds. The highest BCUT2D eigenvalue weighted by Gasteiger charge is 2.20. The van der Waals surface area contributed by atoms with Gasteiger partial charge in [-0.25, -0.2) is 4.79 Å². The van der Waals surface area contributed by atoms with Crippen LogP contribution in [0.3, 0.4) is 0 Å². The van der Waals surface area contributed by atoms with Crippen molar-refractivity contribution in [2.75, 3.05) is 7.11 Å². The molecule has 94 valence electrons. The third-order valence-electron chi connectivity index (χ3n) is 2.18. The maximum absolute atomic E-state index is 11.6. The second kappa shape index (κ2) is 6.05. The maximum Gasteiger partial charge on any atom is 0.326 e. The summed E-state index contributed by atoms with van der Waals surface area (Å²) in [5.74, 6) is -1.01. The minimum absolute atomic E-state index is 0.0803. The number of amides is 1. The molecule has 6 heteroatoms. The van der Waals surface area contributed by atoms with Gasteiger partial charge in [0.05, 0.1) is 0 Å². The zero-order chi connectivity index (χ0) is 12.8. The van der Waals surface area contributed by atoms with E-state index < -0.39 is 17.9 Å². The summed E-state index contributed by atoms with van der Waals surface area (Å²) in [6, 6.07) is 2.19. The molecule has 0 aromatic carbocycles. The number of carboxylic acid groups (broad SMARTS) is 1. The number of ether oxygens (including phenoxy) is 1. The molecule has 0 aliphatic rings. The molecule has 0 aliphatic carbocycles. The number of rotatable bonds is 6. The first-order valence-electron chi connectivity index (χ1n) is 5.19. The van der Waals surface area contributed by atoms with E-state index >= 15 is 0 Å². The van der Waals surface area contributed by atoms with Crippen molar-refractivity contribution in [1.82, 2.24) is 5.32 Å². The fraction of sp³-hybridized carbons (Fsp3) is 0.455. The number of carboxylic acids is 1. The van der Waals surface area contributed by atoms with Crippen LogP contribution in [0.15, 0.2) is 16.5 Å². The molecule has 0 fully saturated rings. The van der Waals surface area contributed by atoms with Crippen molar-refractivity contribution in [3.05, 3.63) is 23.7 Å². The second-order valence-electron chi connectivity index (χ2n) is 3.47. The van der Waals surface area contributed by atoms with E-state index in [1.807, 2.05) is 0 Å². The van der Waals surface area contributed by atoms with Crippen LogP contribution < -0.4 is 5.32 Å². The lowest BCUT2D eigenvalue weighted by molar-refractivity contribution is -0.139. The average Bonchev–Trinajstić information content (AvgIpc) is 2.74. The molecule has 6 nitrogen and oxygen atoms in total. The number of nitrogens with one attached hydrogen (secondary N) is 1. The molecule has 0 aliphatic heterocycles. The molecule has 0 saturated heterocycles. The largest absolute Gasteiger partial charge is 0.480 e. The summed E-state index contributed by atoms with van der Waals surface area (Å²) in [7, 11) is 1.51. The van der Waals surface area contributed by atoms with E-state index in [4.69, 9.17) is 14.3 Å². The van der Waals surface area contributed by atoms with Gasteiger partial charge in [0.25, 0.3) is 5.91 Å². The highest BCUT2D eigenvalue weighted by atomic mass is 16.5. The zero-order valence-corrected chi connectivity index (χ0v) is 9.73. The van der Waals surface area contributed by atoms with Gasteiger partial charge >= 0.3 is 5.97 Å². The van der Waals surface area contributed by atoms with Gasteiger partial charge in [0.1, 0.15) is 18.4 Å². The highest BCUT2D eigenvalue weighted by molar-refractivity contribution is 5.94. The Kier molecular flexibility index (Phi) is 4.71. The van der Waals surface area contributed by atoms with Crippen molar-refractivity contribution in [2.24, 2.45) is 0 Å². The van der Waals surface area contributed by atoms with Gasteiger partial charge in [0, 0.05) is 7.11 Å². The Morgan fingerprint density at radius 1 is 1.53 bits per heavy atom. The quantitative estimate of drug-likeness (QED) is 0.776. The van der Waals surface area contributed by atoms with Gasteiger partial charge in [-0.3, -0.25) is 4.79 Å². The second-order valence-corrected chi connectivity index (χ2v) is 3.47. The lowest BCUT2D eigenvalue weighted by atomic mass is 10.2. The number of furan rings is 1. The van der Waals surface area contributed by atoms with Crippen LogP contribution in [-0.4, -0.2) is 30.1 Å². The van der Waals surface area contributed by atoms with Gasteiger partial charge < -0.3 is 19.6 Å². The molecule has 0 spiro atoms. The smallest absolute Gasteiger partial charge is 0.326 e. The van der Waals surface area contributed by atoms with Crippen LogP contribution in [0.5, 0.6) is 0 Å². The summed E-state index contributed by atoms with van der Waals surface area (Å²) >= 11 is 0. The van der Waals surface area contributed by atoms with E-state index in [0.717, 1.165) is 0 Å². The molecule has 1 heterocycles. The molecule has 1 unspecified atom stereocenters. The Bertz CT molecular complexity index is 398. The van der Waals surface area contributed by atoms with Gasteiger partial charge in [0.2, 0.25) is 0 Å². The Morgan fingerprint density at radius 3 is 2.76 bits per heavy atom. The van der Waals surface area contributed by atoms with E-state index in [-0.39, 0.29) is 12.4 Å². The average molecular weight is 241 g/mol. The molecule has 2 N–H and O–H groups in total. The van der Waals surface area contributed by atoms with Crippen LogP contribution in [0.25, 0.3) is 0 Å². The topological polar surface area (TPSA) is 88.8 Å². The van der Waals surface area contributed by atoms with E-state index in [1.165, 1.54) is 13.2 Å². The monoisotopic (exact) mass is 241 g/mol. The van der Waals surface area contributed by atoms with Gasteiger partial charge in [-0.1, -0.05) is 6.92 Å². The first-order valence-corrected chi connectivity index (χ1v) is 5.19. The van der Waals surface area contributed by atoms with Crippen molar-refractivity contribution in [3.8, 4) is 0 Å².